The van der Waals surface area contributed by atoms with Crippen LogP contribution in [0.2, 0.25) is 0 Å². The number of urea groups is 1. The van der Waals surface area contributed by atoms with Crippen molar-refractivity contribution in [1.82, 2.24) is 4.90 Å². The molecule has 1 aliphatic rings. The number of carbonyl (C=O) groups is 2. The Morgan fingerprint density at radius 3 is 2.29 bits per heavy atom. The van der Waals surface area contributed by atoms with Crippen LogP contribution >= 0.6 is 0 Å². The first-order chi connectivity index (χ1) is 17.0. The maximum atomic E-state index is 12.7. The monoisotopic (exact) mass is 472 g/mol. The quantitative estimate of drug-likeness (QED) is 0.482. The molecule has 3 amide bonds. The zero-order valence-corrected chi connectivity index (χ0v) is 20.3. The average molecular weight is 473 g/mol. The van der Waals surface area contributed by atoms with Crippen molar-refractivity contribution in [3.63, 3.8) is 0 Å². The molecule has 35 heavy (non-hydrogen) atoms. The van der Waals surface area contributed by atoms with E-state index in [1.807, 2.05) is 72.5 Å². The zero-order chi connectivity index (χ0) is 24.6. The van der Waals surface area contributed by atoms with Gasteiger partial charge in [-0.05, 0) is 61.2 Å². The van der Waals surface area contributed by atoms with Crippen molar-refractivity contribution in [2.75, 3.05) is 41.7 Å². The van der Waals surface area contributed by atoms with Gasteiger partial charge in [-0.3, -0.25) is 4.79 Å². The second kappa shape index (κ2) is 11.5. The number of hydrogen-bond acceptors (Lipinski definition) is 3. The first-order valence-electron chi connectivity index (χ1n) is 12.2. The number of nitrogens with zero attached hydrogens (tertiary/aromatic N) is 2. The molecule has 0 saturated carbocycles. The van der Waals surface area contributed by atoms with Crippen molar-refractivity contribution in [1.29, 1.82) is 0 Å². The van der Waals surface area contributed by atoms with Gasteiger partial charge in [0.25, 0.3) is 0 Å². The summed E-state index contributed by atoms with van der Waals surface area (Å²) < 4.78 is 0. The molecule has 1 saturated heterocycles. The molecule has 0 aromatic heterocycles. The molecule has 0 aliphatic carbocycles. The zero-order valence-electron chi connectivity index (χ0n) is 20.3. The molecule has 4 rings (SSSR count). The van der Waals surface area contributed by atoms with Gasteiger partial charge in [0.2, 0.25) is 5.91 Å². The van der Waals surface area contributed by atoms with Crippen LogP contribution in [-0.4, -0.2) is 43.0 Å². The maximum Gasteiger partial charge on any atom is 0.321 e. The van der Waals surface area contributed by atoms with Crippen molar-refractivity contribution in [2.45, 2.75) is 26.2 Å². The summed E-state index contributed by atoms with van der Waals surface area (Å²) in [4.78, 5) is 29.1. The SMILES string of the molecule is Cc1cc([NH3+])ccc1NC(=O)N1CCN(c2ccc(NC(=O)CCCc3ccccc3)cc2)CC1. The molecule has 182 valence electrons. The summed E-state index contributed by atoms with van der Waals surface area (Å²) in [6.07, 6.45) is 2.23. The molecule has 3 aromatic carbocycles. The Hall–Kier alpha value is -3.84. The summed E-state index contributed by atoms with van der Waals surface area (Å²) in [5, 5.41) is 6.00. The maximum absolute atomic E-state index is 12.7. The average Bonchev–Trinajstić information content (AvgIpc) is 2.87. The second-order valence-corrected chi connectivity index (χ2v) is 8.99. The van der Waals surface area contributed by atoms with Crippen LogP contribution in [0.5, 0.6) is 0 Å². The Morgan fingerprint density at radius 2 is 1.60 bits per heavy atom. The van der Waals surface area contributed by atoms with Gasteiger partial charge < -0.3 is 26.2 Å². The predicted molar refractivity (Wildman–Crippen MR) is 141 cm³/mol. The number of aryl methyl sites for hydroxylation is 2. The van der Waals surface area contributed by atoms with Gasteiger partial charge in [-0.1, -0.05) is 30.3 Å². The van der Waals surface area contributed by atoms with Gasteiger partial charge in [-0.25, -0.2) is 4.79 Å². The largest absolute Gasteiger partial charge is 0.368 e. The number of carbonyl (C=O) groups excluding carboxylic acids is 2. The molecule has 0 atom stereocenters. The Labute approximate surface area is 206 Å². The minimum absolute atomic E-state index is 0.0355. The molecule has 7 nitrogen and oxygen atoms in total. The molecule has 1 fully saturated rings. The van der Waals surface area contributed by atoms with Gasteiger partial charge in [0.1, 0.15) is 5.69 Å². The van der Waals surface area contributed by atoms with Crippen LogP contribution in [-0.2, 0) is 11.2 Å². The minimum atomic E-state index is -0.0742. The van der Waals surface area contributed by atoms with Crippen LogP contribution in [0.1, 0.15) is 24.0 Å². The molecule has 0 unspecified atom stereocenters. The summed E-state index contributed by atoms with van der Waals surface area (Å²) in [6, 6.07) is 23.9. The Bertz CT molecular complexity index is 1140. The van der Waals surface area contributed by atoms with Crippen LogP contribution in [0, 0.1) is 6.92 Å². The molecular weight excluding hydrogens is 438 g/mol. The molecule has 0 radical (unpaired) electrons. The first kappa shape index (κ1) is 24.3. The Morgan fingerprint density at radius 1 is 0.886 bits per heavy atom. The van der Waals surface area contributed by atoms with Crippen molar-refractivity contribution in [3.8, 4) is 0 Å². The van der Waals surface area contributed by atoms with E-state index in [1.54, 1.807) is 0 Å². The van der Waals surface area contributed by atoms with Gasteiger partial charge in [-0.15, -0.1) is 0 Å². The number of piperazine rings is 1. The number of anilines is 3. The third kappa shape index (κ3) is 6.83. The lowest BCUT2D eigenvalue weighted by atomic mass is 10.1. The number of rotatable bonds is 7. The van der Waals surface area contributed by atoms with Gasteiger partial charge in [0, 0.05) is 61.8 Å². The minimum Gasteiger partial charge on any atom is -0.368 e. The van der Waals surface area contributed by atoms with Crippen LogP contribution in [0.3, 0.4) is 0 Å². The van der Waals surface area contributed by atoms with Gasteiger partial charge in [0.15, 0.2) is 0 Å². The highest BCUT2D eigenvalue weighted by Crippen LogP contribution is 2.21. The van der Waals surface area contributed by atoms with Gasteiger partial charge in [0.05, 0.1) is 0 Å². The van der Waals surface area contributed by atoms with Gasteiger partial charge in [-0.2, -0.15) is 0 Å². The van der Waals surface area contributed by atoms with Crippen molar-refractivity contribution in [2.24, 2.45) is 0 Å². The summed E-state index contributed by atoms with van der Waals surface area (Å²) in [6.45, 7) is 4.79. The summed E-state index contributed by atoms with van der Waals surface area (Å²) in [5.41, 5.74) is 9.84. The lowest BCUT2D eigenvalue weighted by molar-refractivity contribution is -0.254. The van der Waals surface area contributed by atoms with E-state index in [0.717, 1.165) is 54.2 Å². The Kier molecular flexibility index (Phi) is 8.00. The normalized spacial score (nSPS) is 13.4. The highest BCUT2D eigenvalue weighted by molar-refractivity contribution is 5.91. The van der Waals surface area contributed by atoms with Gasteiger partial charge >= 0.3 is 6.03 Å². The predicted octanol–water partition coefficient (Wildman–Crippen LogP) is 4.18. The molecule has 3 aromatic rings. The molecular formula is C28H34N5O2+. The standard InChI is InChI=1S/C28H33N5O2/c1-21-20-23(29)10-15-26(21)31-28(35)33-18-16-32(17-19-33)25-13-11-24(12-14-25)30-27(34)9-5-8-22-6-3-2-4-7-22/h2-4,6-7,10-15,20H,5,8-9,16-19,29H2,1H3,(H,30,34)(H,31,35)/p+1. The van der Waals surface area contributed by atoms with Crippen LogP contribution in [0.25, 0.3) is 0 Å². The molecule has 1 heterocycles. The second-order valence-electron chi connectivity index (χ2n) is 8.99. The highest BCUT2D eigenvalue weighted by atomic mass is 16.2. The summed E-state index contributed by atoms with van der Waals surface area (Å²) in [5.74, 6) is 0.0355. The molecule has 0 spiro atoms. The van der Waals surface area contributed by atoms with Crippen molar-refractivity contribution < 1.29 is 15.3 Å². The molecule has 7 heteroatoms. The number of hydrogen-bond donors (Lipinski definition) is 3. The fraction of sp³-hybridized carbons (Fsp3) is 0.286. The third-order valence-corrected chi connectivity index (χ3v) is 6.33. The fourth-order valence-corrected chi connectivity index (χ4v) is 4.30. The number of amides is 3. The number of benzene rings is 3. The van der Waals surface area contributed by atoms with E-state index in [9.17, 15) is 9.59 Å². The van der Waals surface area contributed by atoms with E-state index >= 15 is 0 Å². The van der Waals surface area contributed by atoms with E-state index in [-0.39, 0.29) is 11.9 Å². The summed E-state index contributed by atoms with van der Waals surface area (Å²) in [7, 11) is 0. The topological polar surface area (TPSA) is 92.3 Å². The Balaban J connectivity index is 1.21. The van der Waals surface area contributed by atoms with E-state index in [2.05, 4.69) is 33.4 Å². The number of quaternary nitrogens is 1. The lowest BCUT2D eigenvalue weighted by Crippen LogP contribution is -2.50. The van der Waals surface area contributed by atoms with Crippen LogP contribution < -0.4 is 21.3 Å². The van der Waals surface area contributed by atoms with Crippen LogP contribution in [0.4, 0.5) is 27.5 Å². The van der Waals surface area contributed by atoms with E-state index in [1.165, 1.54) is 5.56 Å². The van der Waals surface area contributed by atoms with Crippen molar-refractivity contribution in [3.05, 3.63) is 83.9 Å². The molecule has 1 aliphatic heterocycles. The summed E-state index contributed by atoms with van der Waals surface area (Å²) >= 11 is 0. The van der Waals surface area contributed by atoms with E-state index < -0.39 is 0 Å². The van der Waals surface area contributed by atoms with E-state index in [4.69, 9.17) is 0 Å². The van der Waals surface area contributed by atoms with Crippen molar-refractivity contribution >= 4 is 34.7 Å². The third-order valence-electron chi connectivity index (χ3n) is 6.33. The van der Waals surface area contributed by atoms with E-state index in [0.29, 0.717) is 19.5 Å². The highest BCUT2D eigenvalue weighted by Gasteiger charge is 2.22. The smallest absolute Gasteiger partial charge is 0.321 e. The molecule has 5 N–H and O–H groups in total. The molecule has 0 bridgehead atoms. The fourth-order valence-electron chi connectivity index (χ4n) is 4.30. The van der Waals surface area contributed by atoms with Crippen LogP contribution in [0.15, 0.2) is 72.8 Å². The first-order valence-corrected chi connectivity index (χ1v) is 12.2. The number of nitrogens with one attached hydrogen (secondary N) is 2. The lowest BCUT2D eigenvalue weighted by Gasteiger charge is -2.36.